The van der Waals surface area contributed by atoms with Gasteiger partial charge < -0.3 is 14.6 Å². The molecule has 3 N–H and O–H groups in total. The highest BCUT2D eigenvalue weighted by Gasteiger charge is 2.52. The Hall–Kier alpha value is -4.93. The summed E-state index contributed by atoms with van der Waals surface area (Å²) in [5.74, 6) is 0.275. The zero-order valence-corrected chi connectivity index (χ0v) is 24.9. The van der Waals surface area contributed by atoms with Crippen molar-refractivity contribution in [1.82, 2.24) is 10.9 Å². The Kier molecular flexibility index (Phi) is 10.5. The summed E-state index contributed by atoms with van der Waals surface area (Å²) in [6.07, 6.45) is -1.04. The van der Waals surface area contributed by atoms with Crippen molar-refractivity contribution in [3.63, 3.8) is 0 Å². The average Bonchev–Trinajstić information content (AvgIpc) is 3.46. The molecule has 1 aliphatic heterocycles. The van der Waals surface area contributed by atoms with Gasteiger partial charge in [-0.2, -0.15) is 13.2 Å². The summed E-state index contributed by atoms with van der Waals surface area (Å²) in [4.78, 5) is 19.1. The lowest BCUT2D eigenvalue weighted by Gasteiger charge is -2.30. The maximum Gasteiger partial charge on any atom is 0.416 e. The normalized spacial score (nSPS) is 17.8. The van der Waals surface area contributed by atoms with Crippen LogP contribution in [0.5, 0.6) is 5.75 Å². The van der Waals surface area contributed by atoms with E-state index >= 15 is 0 Å². The molecule has 0 bridgehead atoms. The first-order valence-corrected chi connectivity index (χ1v) is 14.9. The van der Waals surface area contributed by atoms with Crippen LogP contribution in [0.2, 0.25) is 0 Å². The second-order valence-electron chi connectivity index (χ2n) is 10.7. The van der Waals surface area contributed by atoms with Crippen LogP contribution in [0.25, 0.3) is 6.08 Å². The second-order valence-corrected chi connectivity index (χ2v) is 10.7. The summed E-state index contributed by atoms with van der Waals surface area (Å²) in [6.45, 7) is 0.125. The van der Waals surface area contributed by atoms with Gasteiger partial charge in [-0.25, -0.2) is 10.4 Å². The van der Waals surface area contributed by atoms with E-state index in [1.165, 1.54) is 18.2 Å². The number of benzene rings is 4. The number of hydrogen-bond donors (Lipinski definition) is 3. The molecule has 1 aliphatic rings. The number of nitrogens with zero attached hydrogens (tertiary/aromatic N) is 1. The lowest BCUT2D eigenvalue weighted by Crippen LogP contribution is -2.52. The quantitative estimate of drug-likeness (QED) is 0.114. The van der Waals surface area contributed by atoms with Crippen molar-refractivity contribution in [2.45, 2.75) is 37.2 Å². The number of carbonyl (C=O) groups is 1. The van der Waals surface area contributed by atoms with Gasteiger partial charge in [0, 0.05) is 31.6 Å². The number of aliphatic hydroxyl groups excluding tert-OH is 1. The Labute approximate surface area is 265 Å². The SMILES string of the molecule is O=C(NNCc1ccccc1C(F)(F)F)[C@@]1(C/C=C/c2ccccc2)N=C(c2ccc(OCCCO)cc2)O[C@H]1c1ccccc1. The predicted molar refractivity (Wildman–Crippen MR) is 170 cm³/mol. The van der Waals surface area contributed by atoms with E-state index < -0.39 is 29.3 Å². The molecule has 46 heavy (non-hydrogen) atoms. The molecule has 2 atom stereocenters. The first kappa shape index (κ1) is 32.5. The third-order valence-electron chi connectivity index (χ3n) is 7.47. The lowest BCUT2D eigenvalue weighted by atomic mass is 9.84. The van der Waals surface area contributed by atoms with Crippen LogP contribution in [0.1, 0.15) is 46.8 Å². The Morgan fingerprint density at radius 1 is 0.935 bits per heavy atom. The molecule has 0 fully saturated rings. The van der Waals surface area contributed by atoms with Crippen molar-refractivity contribution in [1.29, 1.82) is 0 Å². The molecule has 0 aliphatic carbocycles. The van der Waals surface area contributed by atoms with Crippen LogP contribution in [0.15, 0.2) is 120 Å². The van der Waals surface area contributed by atoms with Crippen LogP contribution in [0, 0.1) is 0 Å². The zero-order valence-electron chi connectivity index (χ0n) is 24.9. The standard InChI is InChI=1S/C36H34F3N3O4/c37-36(38,39)31-17-8-7-16-29(31)25-40-42-34(44)35(22-9-13-26-11-3-1-4-12-26)32(27-14-5-2-6-15-27)46-33(41-35)28-18-20-30(21-19-28)45-24-10-23-43/h1-9,11-21,32,40,43H,10,22-25H2,(H,42,44)/b13-9+/t32-,35-/m0/s1. The van der Waals surface area contributed by atoms with Gasteiger partial charge >= 0.3 is 6.18 Å². The van der Waals surface area contributed by atoms with E-state index in [1.807, 2.05) is 72.8 Å². The first-order valence-electron chi connectivity index (χ1n) is 14.9. The van der Waals surface area contributed by atoms with Crippen LogP contribution >= 0.6 is 0 Å². The number of hydrogen-bond acceptors (Lipinski definition) is 6. The molecule has 7 nitrogen and oxygen atoms in total. The maximum absolute atomic E-state index is 14.2. The smallest absolute Gasteiger partial charge is 0.416 e. The molecule has 1 heterocycles. The topological polar surface area (TPSA) is 92.2 Å². The van der Waals surface area contributed by atoms with Crippen molar-refractivity contribution in [3.05, 3.63) is 143 Å². The van der Waals surface area contributed by atoms with Gasteiger partial charge in [0.1, 0.15) is 5.75 Å². The minimum atomic E-state index is -4.54. The van der Waals surface area contributed by atoms with E-state index in [2.05, 4.69) is 10.9 Å². The van der Waals surface area contributed by atoms with Crippen molar-refractivity contribution in [2.75, 3.05) is 13.2 Å². The minimum Gasteiger partial charge on any atom is -0.494 e. The number of hydrazine groups is 1. The monoisotopic (exact) mass is 629 g/mol. The summed E-state index contributed by atoms with van der Waals surface area (Å²) >= 11 is 0. The highest BCUT2D eigenvalue weighted by atomic mass is 19.4. The number of ether oxygens (including phenoxy) is 2. The largest absolute Gasteiger partial charge is 0.494 e. The van der Waals surface area contributed by atoms with E-state index in [4.69, 9.17) is 19.6 Å². The highest BCUT2D eigenvalue weighted by molar-refractivity contribution is 6.01. The minimum absolute atomic E-state index is 0.0129. The number of nitrogens with one attached hydrogen (secondary N) is 2. The summed E-state index contributed by atoms with van der Waals surface area (Å²) < 4.78 is 52.9. The van der Waals surface area contributed by atoms with E-state index in [-0.39, 0.29) is 31.0 Å². The van der Waals surface area contributed by atoms with Gasteiger partial charge in [-0.15, -0.1) is 0 Å². The molecule has 0 aromatic heterocycles. The molecule has 0 unspecified atom stereocenters. The lowest BCUT2D eigenvalue weighted by molar-refractivity contribution is -0.138. The average molecular weight is 630 g/mol. The van der Waals surface area contributed by atoms with Gasteiger partial charge in [0.25, 0.3) is 5.91 Å². The molecule has 238 valence electrons. The number of carbonyl (C=O) groups excluding carboxylic acids is 1. The molecule has 5 rings (SSSR count). The highest BCUT2D eigenvalue weighted by Crippen LogP contribution is 2.43. The molecule has 4 aromatic carbocycles. The van der Waals surface area contributed by atoms with Crippen molar-refractivity contribution < 1.29 is 32.5 Å². The summed E-state index contributed by atoms with van der Waals surface area (Å²) in [6, 6.07) is 31.1. The Morgan fingerprint density at radius 3 is 2.30 bits per heavy atom. The van der Waals surface area contributed by atoms with Gasteiger partial charge in [-0.05, 0) is 47.0 Å². The number of halogens is 3. The molecule has 0 saturated carbocycles. The fourth-order valence-corrected chi connectivity index (χ4v) is 5.16. The molecular formula is C36H34F3N3O4. The fourth-order valence-electron chi connectivity index (χ4n) is 5.16. The van der Waals surface area contributed by atoms with Gasteiger partial charge in [-0.1, -0.05) is 91.0 Å². The molecule has 0 spiro atoms. The molecular weight excluding hydrogens is 595 g/mol. The van der Waals surface area contributed by atoms with Crippen LogP contribution in [0.4, 0.5) is 13.2 Å². The second kappa shape index (κ2) is 14.9. The number of amides is 1. The van der Waals surface area contributed by atoms with Crippen LogP contribution in [0.3, 0.4) is 0 Å². The van der Waals surface area contributed by atoms with Gasteiger partial charge in [0.2, 0.25) is 5.90 Å². The number of rotatable bonds is 13. The number of aliphatic imine (C=N–C) groups is 1. The Bertz CT molecular complexity index is 1640. The summed E-state index contributed by atoms with van der Waals surface area (Å²) in [5, 5.41) is 9.03. The Balaban J connectivity index is 1.47. The van der Waals surface area contributed by atoms with Crippen LogP contribution < -0.4 is 15.6 Å². The molecule has 4 aromatic rings. The zero-order chi connectivity index (χ0) is 32.4. The van der Waals surface area contributed by atoms with E-state index in [9.17, 15) is 18.0 Å². The summed E-state index contributed by atoms with van der Waals surface area (Å²) in [5.41, 5.74) is 5.26. The van der Waals surface area contributed by atoms with Gasteiger partial charge in [-0.3, -0.25) is 10.2 Å². The van der Waals surface area contributed by atoms with Crippen LogP contribution in [-0.4, -0.2) is 35.7 Å². The van der Waals surface area contributed by atoms with Gasteiger partial charge in [0.15, 0.2) is 11.6 Å². The van der Waals surface area contributed by atoms with Crippen molar-refractivity contribution in [3.8, 4) is 5.75 Å². The predicted octanol–water partition coefficient (Wildman–Crippen LogP) is 6.65. The molecule has 10 heteroatoms. The summed E-state index contributed by atoms with van der Waals surface area (Å²) in [7, 11) is 0. The van der Waals surface area contributed by atoms with E-state index in [1.54, 1.807) is 24.3 Å². The van der Waals surface area contributed by atoms with Crippen LogP contribution in [-0.2, 0) is 22.3 Å². The fraction of sp³-hybridized carbons (Fsp3) is 0.222. The molecule has 0 saturated heterocycles. The van der Waals surface area contributed by atoms with E-state index in [0.29, 0.717) is 29.9 Å². The van der Waals surface area contributed by atoms with E-state index in [0.717, 1.165) is 11.6 Å². The first-order chi connectivity index (χ1) is 22.3. The molecule has 1 amide bonds. The third-order valence-corrected chi connectivity index (χ3v) is 7.47. The Morgan fingerprint density at radius 2 is 1.61 bits per heavy atom. The van der Waals surface area contributed by atoms with Gasteiger partial charge in [0.05, 0.1) is 12.2 Å². The van der Waals surface area contributed by atoms with Crippen molar-refractivity contribution in [2.24, 2.45) is 4.99 Å². The third kappa shape index (κ3) is 7.82. The number of aliphatic hydroxyl groups is 1. The number of alkyl halides is 3. The maximum atomic E-state index is 14.2. The van der Waals surface area contributed by atoms with Crippen molar-refractivity contribution >= 4 is 17.9 Å². The molecule has 0 radical (unpaired) electrons.